The SMILES string of the molecule is C=CCNCC(=O)Nc1cnc(Br)c(C)c1. The minimum atomic E-state index is -0.0922. The summed E-state index contributed by atoms with van der Waals surface area (Å²) in [5.41, 5.74) is 1.68. The maximum Gasteiger partial charge on any atom is 0.238 e. The first-order valence-corrected chi connectivity index (χ1v) is 5.66. The molecule has 0 aliphatic heterocycles. The van der Waals surface area contributed by atoms with Gasteiger partial charge in [-0.15, -0.1) is 6.58 Å². The van der Waals surface area contributed by atoms with Crippen LogP contribution in [0.15, 0.2) is 29.5 Å². The summed E-state index contributed by atoms with van der Waals surface area (Å²) in [5, 5.41) is 5.67. The number of anilines is 1. The molecule has 0 aliphatic carbocycles. The lowest BCUT2D eigenvalue weighted by Gasteiger charge is -2.06. The summed E-state index contributed by atoms with van der Waals surface area (Å²) < 4.78 is 0.787. The molecule has 0 atom stereocenters. The van der Waals surface area contributed by atoms with Crippen molar-refractivity contribution in [1.82, 2.24) is 10.3 Å². The van der Waals surface area contributed by atoms with Crippen molar-refractivity contribution < 1.29 is 4.79 Å². The van der Waals surface area contributed by atoms with Gasteiger partial charge in [-0.25, -0.2) is 4.98 Å². The van der Waals surface area contributed by atoms with Crippen LogP contribution in [0, 0.1) is 6.92 Å². The van der Waals surface area contributed by atoms with Gasteiger partial charge in [-0.3, -0.25) is 4.79 Å². The molecule has 1 rings (SSSR count). The van der Waals surface area contributed by atoms with Gasteiger partial charge in [0.05, 0.1) is 18.4 Å². The van der Waals surface area contributed by atoms with E-state index in [2.05, 4.69) is 38.1 Å². The number of amides is 1. The second-order valence-electron chi connectivity index (χ2n) is 3.30. The van der Waals surface area contributed by atoms with E-state index in [1.807, 2.05) is 13.0 Å². The molecule has 86 valence electrons. The van der Waals surface area contributed by atoms with Gasteiger partial charge in [-0.2, -0.15) is 0 Å². The Morgan fingerprint density at radius 3 is 3.06 bits per heavy atom. The molecule has 4 nitrogen and oxygen atoms in total. The Kier molecular flexibility index (Phi) is 5.14. The maximum atomic E-state index is 11.4. The number of hydrogen-bond acceptors (Lipinski definition) is 3. The Hall–Kier alpha value is -1.20. The lowest BCUT2D eigenvalue weighted by Crippen LogP contribution is -2.28. The number of rotatable bonds is 5. The third-order valence-corrected chi connectivity index (χ3v) is 2.70. The van der Waals surface area contributed by atoms with E-state index in [0.29, 0.717) is 12.2 Å². The van der Waals surface area contributed by atoms with Crippen molar-refractivity contribution in [3.63, 3.8) is 0 Å². The van der Waals surface area contributed by atoms with Gasteiger partial charge in [0, 0.05) is 6.54 Å². The standard InChI is InChI=1S/C11H14BrN3O/c1-3-4-13-7-10(16)15-9-5-8(2)11(12)14-6-9/h3,5-6,13H,1,4,7H2,2H3,(H,15,16). The van der Waals surface area contributed by atoms with Crippen molar-refractivity contribution in [3.8, 4) is 0 Å². The maximum absolute atomic E-state index is 11.4. The third kappa shape index (κ3) is 4.12. The fourth-order valence-electron chi connectivity index (χ4n) is 1.12. The summed E-state index contributed by atoms with van der Waals surface area (Å²) in [6.45, 7) is 6.35. The summed E-state index contributed by atoms with van der Waals surface area (Å²) in [6, 6.07) is 1.86. The zero-order valence-corrected chi connectivity index (χ0v) is 10.7. The molecule has 5 heteroatoms. The predicted molar refractivity (Wildman–Crippen MR) is 68.4 cm³/mol. The van der Waals surface area contributed by atoms with Gasteiger partial charge in [0.1, 0.15) is 4.60 Å². The van der Waals surface area contributed by atoms with Gasteiger partial charge in [0.2, 0.25) is 5.91 Å². The lowest BCUT2D eigenvalue weighted by atomic mass is 10.3. The van der Waals surface area contributed by atoms with Crippen LogP contribution >= 0.6 is 15.9 Å². The van der Waals surface area contributed by atoms with Gasteiger partial charge in [0.25, 0.3) is 0 Å². The highest BCUT2D eigenvalue weighted by Gasteiger charge is 2.03. The van der Waals surface area contributed by atoms with Crippen molar-refractivity contribution in [2.24, 2.45) is 0 Å². The van der Waals surface area contributed by atoms with Crippen molar-refractivity contribution in [2.75, 3.05) is 18.4 Å². The first-order chi connectivity index (χ1) is 7.63. The Morgan fingerprint density at radius 2 is 2.44 bits per heavy atom. The van der Waals surface area contributed by atoms with Crippen LogP contribution in [-0.4, -0.2) is 24.0 Å². The topological polar surface area (TPSA) is 54.0 Å². The van der Waals surface area contributed by atoms with Crippen LogP contribution in [0.4, 0.5) is 5.69 Å². The molecule has 16 heavy (non-hydrogen) atoms. The third-order valence-electron chi connectivity index (χ3n) is 1.87. The van der Waals surface area contributed by atoms with Gasteiger partial charge in [-0.05, 0) is 34.5 Å². The number of carbonyl (C=O) groups excluding carboxylic acids is 1. The van der Waals surface area contributed by atoms with Gasteiger partial charge in [-0.1, -0.05) is 6.08 Å². The van der Waals surface area contributed by atoms with E-state index in [9.17, 15) is 4.79 Å². The van der Waals surface area contributed by atoms with E-state index in [4.69, 9.17) is 0 Å². The van der Waals surface area contributed by atoms with Crippen LogP contribution < -0.4 is 10.6 Å². The zero-order chi connectivity index (χ0) is 12.0. The highest BCUT2D eigenvalue weighted by molar-refractivity contribution is 9.10. The molecular formula is C11H14BrN3O. The van der Waals surface area contributed by atoms with Crippen molar-refractivity contribution >= 4 is 27.5 Å². The van der Waals surface area contributed by atoms with Gasteiger partial charge < -0.3 is 10.6 Å². The van der Waals surface area contributed by atoms with Crippen molar-refractivity contribution in [2.45, 2.75) is 6.92 Å². The van der Waals surface area contributed by atoms with E-state index >= 15 is 0 Å². The minimum absolute atomic E-state index is 0.0922. The van der Waals surface area contributed by atoms with Crippen LogP contribution in [0.3, 0.4) is 0 Å². The molecule has 2 N–H and O–H groups in total. The number of nitrogens with one attached hydrogen (secondary N) is 2. The fraction of sp³-hybridized carbons (Fsp3) is 0.273. The van der Waals surface area contributed by atoms with Crippen molar-refractivity contribution in [1.29, 1.82) is 0 Å². The van der Waals surface area contributed by atoms with Crippen molar-refractivity contribution in [3.05, 3.63) is 35.1 Å². The molecule has 0 bridgehead atoms. The van der Waals surface area contributed by atoms with Crippen LogP contribution in [0.5, 0.6) is 0 Å². The number of aryl methyl sites for hydroxylation is 1. The molecule has 1 amide bonds. The summed E-state index contributed by atoms with van der Waals surface area (Å²) >= 11 is 3.30. The molecule has 0 saturated heterocycles. The Bertz CT molecular complexity index is 393. The van der Waals surface area contributed by atoms with E-state index in [-0.39, 0.29) is 12.5 Å². The first kappa shape index (κ1) is 12.9. The van der Waals surface area contributed by atoms with E-state index in [0.717, 1.165) is 10.2 Å². The quantitative estimate of drug-likeness (QED) is 0.493. The molecule has 0 spiro atoms. The number of carbonyl (C=O) groups is 1. The highest BCUT2D eigenvalue weighted by atomic mass is 79.9. The zero-order valence-electron chi connectivity index (χ0n) is 9.09. The number of nitrogens with zero attached hydrogens (tertiary/aromatic N) is 1. The first-order valence-electron chi connectivity index (χ1n) is 4.87. The molecule has 0 aliphatic rings. The second-order valence-corrected chi connectivity index (χ2v) is 4.05. The number of hydrogen-bond donors (Lipinski definition) is 2. The Balaban J connectivity index is 2.49. The smallest absolute Gasteiger partial charge is 0.238 e. The summed E-state index contributed by atoms with van der Waals surface area (Å²) in [7, 11) is 0. The fourth-order valence-corrected chi connectivity index (χ4v) is 1.34. The van der Waals surface area contributed by atoms with Gasteiger partial charge in [0.15, 0.2) is 0 Å². The lowest BCUT2D eigenvalue weighted by molar-refractivity contribution is -0.115. The van der Waals surface area contributed by atoms with Crippen LogP contribution in [0.25, 0.3) is 0 Å². The monoisotopic (exact) mass is 283 g/mol. The predicted octanol–water partition coefficient (Wildman–Crippen LogP) is 1.87. The summed E-state index contributed by atoms with van der Waals surface area (Å²) in [5.74, 6) is -0.0922. The average molecular weight is 284 g/mol. The summed E-state index contributed by atoms with van der Waals surface area (Å²) in [4.78, 5) is 15.5. The Morgan fingerprint density at radius 1 is 1.69 bits per heavy atom. The number of aromatic nitrogens is 1. The van der Waals surface area contributed by atoms with E-state index in [1.54, 1.807) is 12.3 Å². The largest absolute Gasteiger partial charge is 0.324 e. The Labute approximate surface area is 103 Å². The molecule has 1 aromatic heterocycles. The van der Waals surface area contributed by atoms with Gasteiger partial charge >= 0.3 is 0 Å². The van der Waals surface area contributed by atoms with Crippen LogP contribution in [0.2, 0.25) is 0 Å². The molecule has 1 aromatic rings. The molecule has 0 unspecified atom stereocenters. The highest BCUT2D eigenvalue weighted by Crippen LogP contribution is 2.16. The normalized spacial score (nSPS) is 9.88. The van der Waals surface area contributed by atoms with E-state index in [1.165, 1.54) is 0 Å². The molecule has 0 fully saturated rings. The number of pyridine rings is 1. The average Bonchev–Trinajstić information content (AvgIpc) is 2.24. The molecule has 0 radical (unpaired) electrons. The molecule has 1 heterocycles. The summed E-state index contributed by atoms with van der Waals surface area (Å²) in [6.07, 6.45) is 3.32. The second kappa shape index (κ2) is 6.40. The molecular weight excluding hydrogens is 270 g/mol. The van der Waals surface area contributed by atoms with Crippen LogP contribution in [-0.2, 0) is 4.79 Å². The van der Waals surface area contributed by atoms with Crippen LogP contribution in [0.1, 0.15) is 5.56 Å². The minimum Gasteiger partial charge on any atom is -0.324 e. The molecule has 0 aromatic carbocycles. The number of halogens is 1. The van der Waals surface area contributed by atoms with E-state index < -0.39 is 0 Å². The molecule has 0 saturated carbocycles.